The van der Waals surface area contributed by atoms with Crippen molar-refractivity contribution in [2.24, 2.45) is 5.41 Å². The summed E-state index contributed by atoms with van der Waals surface area (Å²) >= 11 is 0. The quantitative estimate of drug-likeness (QED) is 0.709. The fourth-order valence-electron chi connectivity index (χ4n) is 1.25. The van der Waals surface area contributed by atoms with E-state index in [-0.39, 0.29) is 5.41 Å². The second-order valence-corrected chi connectivity index (χ2v) is 5.01. The molecule has 0 spiro atoms. The number of carboxylic acid groups (broad SMARTS) is 1. The van der Waals surface area contributed by atoms with E-state index in [1.807, 2.05) is 19.0 Å². The predicted molar refractivity (Wildman–Crippen MR) is 58.1 cm³/mol. The third kappa shape index (κ3) is 4.30. The summed E-state index contributed by atoms with van der Waals surface area (Å²) in [5.74, 6) is -0.835. The largest absolute Gasteiger partial charge is 0.478 e. The van der Waals surface area contributed by atoms with Crippen molar-refractivity contribution in [2.45, 2.75) is 34.1 Å². The lowest BCUT2D eigenvalue weighted by atomic mass is 9.89. The van der Waals surface area contributed by atoms with Crippen LogP contribution in [0.2, 0.25) is 0 Å². The van der Waals surface area contributed by atoms with Crippen molar-refractivity contribution in [3.05, 3.63) is 11.3 Å². The molecule has 0 aliphatic carbocycles. The number of rotatable bonds is 3. The van der Waals surface area contributed by atoms with E-state index in [2.05, 4.69) is 20.8 Å². The maximum atomic E-state index is 10.8. The van der Waals surface area contributed by atoms with Crippen LogP contribution >= 0.6 is 0 Å². The van der Waals surface area contributed by atoms with Crippen molar-refractivity contribution in [1.29, 1.82) is 0 Å². The van der Waals surface area contributed by atoms with Gasteiger partial charge in [-0.3, -0.25) is 0 Å². The molecule has 0 aliphatic rings. The Kier molecular flexibility index (Phi) is 4.17. The van der Waals surface area contributed by atoms with Crippen molar-refractivity contribution in [3.8, 4) is 0 Å². The van der Waals surface area contributed by atoms with Gasteiger partial charge in [-0.15, -0.1) is 0 Å². The van der Waals surface area contributed by atoms with Crippen LogP contribution in [-0.2, 0) is 4.79 Å². The summed E-state index contributed by atoms with van der Waals surface area (Å²) in [6.45, 7) is 7.96. The molecule has 0 atom stereocenters. The van der Waals surface area contributed by atoms with Gasteiger partial charge in [0.2, 0.25) is 0 Å². The first kappa shape index (κ1) is 13.0. The highest BCUT2D eigenvalue weighted by Gasteiger charge is 2.18. The zero-order chi connectivity index (χ0) is 11.5. The molecule has 0 heterocycles. The Morgan fingerprint density at radius 3 is 1.93 bits per heavy atom. The molecule has 0 rings (SSSR count). The number of hydrogen-bond donors (Lipinski definition) is 1. The molecule has 0 unspecified atom stereocenters. The lowest BCUT2D eigenvalue weighted by Gasteiger charge is -2.26. The van der Waals surface area contributed by atoms with Gasteiger partial charge in [0.1, 0.15) is 0 Å². The van der Waals surface area contributed by atoms with Crippen molar-refractivity contribution >= 4 is 5.97 Å². The predicted octanol–water partition coefficient (Wildman–Crippen LogP) is 2.34. The highest BCUT2D eigenvalue weighted by Crippen LogP contribution is 2.26. The zero-order valence-electron chi connectivity index (χ0n) is 10.0. The Hall–Kier alpha value is -0.990. The smallest absolute Gasteiger partial charge is 0.333 e. The molecular weight excluding hydrogens is 178 g/mol. The molecule has 3 heteroatoms. The van der Waals surface area contributed by atoms with Gasteiger partial charge in [-0.05, 0) is 18.8 Å². The monoisotopic (exact) mass is 199 g/mol. The molecule has 0 aromatic rings. The number of allylic oxidation sites excluding steroid dienone is 1. The molecule has 0 aromatic carbocycles. The van der Waals surface area contributed by atoms with Crippen LogP contribution in [0.4, 0.5) is 0 Å². The van der Waals surface area contributed by atoms with E-state index in [1.165, 1.54) is 0 Å². The molecule has 0 radical (unpaired) electrons. The first-order chi connectivity index (χ1) is 6.15. The maximum absolute atomic E-state index is 10.8. The molecule has 0 bridgehead atoms. The van der Waals surface area contributed by atoms with E-state index in [1.54, 1.807) is 6.92 Å². The second kappa shape index (κ2) is 4.49. The van der Waals surface area contributed by atoms with E-state index in [9.17, 15) is 4.79 Å². The lowest BCUT2D eigenvalue weighted by Crippen LogP contribution is -2.21. The molecule has 0 amide bonds. The number of aliphatic carboxylic acids is 1. The van der Waals surface area contributed by atoms with Gasteiger partial charge < -0.3 is 10.0 Å². The van der Waals surface area contributed by atoms with Crippen LogP contribution in [-0.4, -0.2) is 30.1 Å². The minimum atomic E-state index is -0.835. The van der Waals surface area contributed by atoms with Crippen LogP contribution in [0.25, 0.3) is 0 Å². The summed E-state index contributed by atoms with van der Waals surface area (Å²) in [6.07, 6.45) is 0.776. The molecule has 0 aromatic heterocycles. The molecule has 1 N–H and O–H groups in total. The van der Waals surface area contributed by atoms with Crippen LogP contribution in [0.1, 0.15) is 34.1 Å². The molecule has 0 saturated heterocycles. The fourth-order valence-corrected chi connectivity index (χ4v) is 1.25. The Bertz CT molecular complexity index is 247. The summed E-state index contributed by atoms with van der Waals surface area (Å²) in [5.41, 5.74) is 1.44. The van der Waals surface area contributed by atoms with Crippen molar-refractivity contribution in [3.63, 3.8) is 0 Å². The van der Waals surface area contributed by atoms with Gasteiger partial charge >= 0.3 is 5.97 Å². The first-order valence-electron chi connectivity index (χ1n) is 4.75. The number of carboxylic acids is 1. The number of nitrogens with zero attached hydrogens (tertiary/aromatic N) is 1. The highest BCUT2D eigenvalue weighted by molar-refractivity contribution is 5.86. The van der Waals surface area contributed by atoms with Crippen molar-refractivity contribution in [1.82, 2.24) is 4.90 Å². The van der Waals surface area contributed by atoms with Crippen molar-refractivity contribution < 1.29 is 9.90 Å². The minimum absolute atomic E-state index is 0.107. The molecule has 82 valence electrons. The van der Waals surface area contributed by atoms with Gasteiger partial charge in [0.05, 0.1) is 5.57 Å². The number of carbonyl (C=O) groups is 1. The summed E-state index contributed by atoms with van der Waals surface area (Å²) in [5, 5.41) is 8.91. The number of hydrogen-bond acceptors (Lipinski definition) is 2. The van der Waals surface area contributed by atoms with Gasteiger partial charge in [0.15, 0.2) is 0 Å². The van der Waals surface area contributed by atoms with Gasteiger partial charge in [-0.2, -0.15) is 0 Å². The van der Waals surface area contributed by atoms with E-state index in [4.69, 9.17) is 5.11 Å². The van der Waals surface area contributed by atoms with E-state index < -0.39 is 5.97 Å². The highest BCUT2D eigenvalue weighted by atomic mass is 16.4. The van der Waals surface area contributed by atoms with Gasteiger partial charge in [-0.25, -0.2) is 4.79 Å². The van der Waals surface area contributed by atoms with E-state index in [0.717, 1.165) is 12.1 Å². The van der Waals surface area contributed by atoms with Gasteiger partial charge in [-0.1, -0.05) is 20.8 Å². The summed E-state index contributed by atoms with van der Waals surface area (Å²) < 4.78 is 0. The van der Waals surface area contributed by atoms with Gasteiger partial charge in [0.25, 0.3) is 0 Å². The van der Waals surface area contributed by atoms with Gasteiger partial charge in [0, 0.05) is 19.8 Å². The van der Waals surface area contributed by atoms with Crippen LogP contribution < -0.4 is 0 Å². The molecule has 14 heavy (non-hydrogen) atoms. The zero-order valence-corrected chi connectivity index (χ0v) is 10.0. The summed E-state index contributed by atoms with van der Waals surface area (Å²) in [4.78, 5) is 12.7. The molecule has 0 saturated carbocycles. The summed E-state index contributed by atoms with van der Waals surface area (Å²) in [7, 11) is 3.76. The Morgan fingerprint density at radius 2 is 1.71 bits per heavy atom. The van der Waals surface area contributed by atoms with Crippen molar-refractivity contribution in [2.75, 3.05) is 14.1 Å². The Labute approximate surface area is 86.4 Å². The third-order valence-electron chi connectivity index (χ3n) is 1.99. The Morgan fingerprint density at radius 1 is 1.29 bits per heavy atom. The van der Waals surface area contributed by atoms with Crippen LogP contribution in [0.3, 0.4) is 0 Å². The van der Waals surface area contributed by atoms with Crippen LogP contribution in [0.5, 0.6) is 0 Å². The van der Waals surface area contributed by atoms with Crippen LogP contribution in [0.15, 0.2) is 11.3 Å². The minimum Gasteiger partial charge on any atom is -0.478 e. The van der Waals surface area contributed by atoms with E-state index >= 15 is 0 Å². The average Bonchev–Trinajstić information content (AvgIpc) is 1.96. The van der Waals surface area contributed by atoms with E-state index in [0.29, 0.717) is 5.57 Å². The molecular formula is C11H21NO2. The third-order valence-corrected chi connectivity index (χ3v) is 1.99. The standard InChI is InChI=1S/C11H21NO2/c1-8(10(13)14)9(12(5)6)7-11(2,3)4/h7H2,1-6H3,(H,13,14). The Balaban J connectivity index is 4.97. The topological polar surface area (TPSA) is 40.5 Å². The average molecular weight is 199 g/mol. The molecule has 0 fully saturated rings. The molecule has 0 aliphatic heterocycles. The fraction of sp³-hybridized carbons (Fsp3) is 0.727. The van der Waals surface area contributed by atoms with Crippen LogP contribution in [0, 0.1) is 5.41 Å². The first-order valence-corrected chi connectivity index (χ1v) is 4.75. The normalized spacial score (nSPS) is 13.6. The maximum Gasteiger partial charge on any atom is 0.333 e. The second-order valence-electron chi connectivity index (χ2n) is 5.01. The lowest BCUT2D eigenvalue weighted by molar-refractivity contribution is -0.132. The molecule has 3 nitrogen and oxygen atoms in total. The SMILES string of the molecule is CC(C(=O)O)=C(CC(C)(C)C)N(C)C. The summed E-state index contributed by atoms with van der Waals surface area (Å²) in [6, 6.07) is 0.